The van der Waals surface area contributed by atoms with E-state index in [1.807, 2.05) is 25.9 Å². The zero-order valence-corrected chi connectivity index (χ0v) is 22.7. The summed E-state index contributed by atoms with van der Waals surface area (Å²) >= 11 is 0. The molecule has 12 heteroatoms. The van der Waals surface area contributed by atoms with Gasteiger partial charge in [-0.2, -0.15) is 9.21 Å². The second-order valence-electron chi connectivity index (χ2n) is 8.27. The van der Waals surface area contributed by atoms with Gasteiger partial charge in [-0.15, -0.1) is 0 Å². The van der Waals surface area contributed by atoms with E-state index < -0.39 is 15.9 Å². The van der Waals surface area contributed by atoms with Crippen molar-refractivity contribution in [1.29, 1.82) is 0 Å². The van der Waals surface area contributed by atoms with Gasteiger partial charge in [-0.05, 0) is 52.1 Å². The maximum Gasteiger partial charge on any atom is 0.259 e. The molecule has 198 valence electrons. The Morgan fingerprint density at radius 3 is 2.34 bits per heavy atom. The van der Waals surface area contributed by atoms with Crippen LogP contribution in [0, 0.1) is 4.91 Å². The Morgan fingerprint density at radius 1 is 1.11 bits per heavy atom. The molecule has 35 heavy (non-hydrogen) atoms. The van der Waals surface area contributed by atoms with Crippen LogP contribution in [0.3, 0.4) is 0 Å². The molecule has 2 N–H and O–H groups in total. The summed E-state index contributed by atoms with van der Waals surface area (Å²) in [5.41, 5.74) is 4.07. The molecule has 1 aromatic rings. The smallest absolute Gasteiger partial charge is 0.259 e. The summed E-state index contributed by atoms with van der Waals surface area (Å²) in [5.74, 6) is -0.257. The highest BCUT2D eigenvalue weighted by atomic mass is 32.2. The van der Waals surface area contributed by atoms with Crippen molar-refractivity contribution in [2.24, 2.45) is 5.18 Å². The topological polar surface area (TPSA) is 124 Å². The van der Waals surface area contributed by atoms with Crippen LogP contribution in [0.4, 0.5) is 0 Å². The number of amides is 1. The molecule has 1 aromatic carbocycles. The summed E-state index contributed by atoms with van der Waals surface area (Å²) in [4.78, 5) is 26.4. The number of nitrogens with zero attached hydrogens (tertiary/aromatic N) is 4. The molecule has 0 unspecified atom stereocenters. The fraction of sp³-hybridized carbons (Fsp3) is 0.609. The van der Waals surface area contributed by atoms with Crippen molar-refractivity contribution in [3.63, 3.8) is 0 Å². The first kappa shape index (κ1) is 30.5. The average molecular weight is 513 g/mol. The molecule has 0 heterocycles. The van der Waals surface area contributed by atoms with Crippen molar-refractivity contribution in [2.75, 3.05) is 61.5 Å². The number of likely N-dealkylation sites (N-methyl/N-ethyl adjacent to an activating group) is 3. The van der Waals surface area contributed by atoms with E-state index in [0.29, 0.717) is 37.5 Å². The lowest BCUT2D eigenvalue weighted by molar-refractivity contribution is 0.0958. The van der Waals surface area contributed by atoms with Crippen LogP contribution in [-0.4, -0.2) is 90.0 Å². The minimum absolute atomic E-state index is 0.00595. The first-order valence-corrected chi connectivity index (χ1v) is 13.1. The lowest BCUT2D eigenvalue weighted by Gasteiger charge is -2.24. The number of hydrazine groups is 1. The summed E-state index contributed by atoms with van der Waals surface area (Å²) in [6.07, 6.45) is 2.16. The van der Waals surface area contributed by atoms with Crippen molar-refractivity contribution in [3.05, 3.63) is 40.1 Å². The third-order valence-corrected chi connectivity index (χ3v) is 7.27. The third kappa shape index (κ3) is 8.88. The van der Waals surface area contributed by atoms with E-state index in [9.17, 15) is 18.1 Å². The summed E-state index contributed by atoms with van der Waals surface area (Å²) in [7, 11) is 4.83. The highest BCUT2D eigenvalue weighted by molar-refractivity contribution is 7.89. The molecule has 0 fully saturated rings. The van der Waals surface area contributed by atoms with Gasteiger partial charge in [-0.1, -0.05) is 18.5 Å². The van der Waals surface area contributed by atoms with Gasteiger partial charge in [0.2, 0.25) is 10.0 Å². The van der Waals surface area contributed by atoms with Gasteiger partial charge in [0.1, 0.15) is 12.3 Å². The van der Waals surface area contributed by atoms with Gasteiger partial charge in [0.05, 0.1) is 22.8 Å². The fourth-order valence-electron chi connectivity index (χ4n) is 3.21. The monoisotopic (exact) mass is 512 g/mol. The number of sulfonamides is 1. The summed E-state index contributed by atoms with van der Waals surface area (Å²) in [6, 6.07) is 4.26. The molecule has 0 saturated heterocycles. The standard InChI is InChI=1S/C23H40N6O5S/c1-8-10-11-20(21(17-25-31)29(7)24-3)26-23(30)19-16-18(12-13-22(19)34-9-2)35(32,33)28(6)15-14-27(4)5/h12-13,16,24H,8-11,14-15,17H2,1-7H3,(H,26,30)/b21-20+. The van der Waals surface area contributed by atoms with E-state index in [0.717, 1.165) is 12.8 Å². The van der Waals surface area contributed by atoms with E-state index in [2.05, 4.69) is 15.9 Å². The van der Waals surface area contributed by atoms with Crippen molar-refractivity contribution in [1.82, 2.24) is 25.0 Å². The van der Waals surface area contributed by atoms with Crippen molar-refractivity contribution in [3.8, 4) is 5.75 Å². The van der Waals surface area contributed by atoms with Crippen LogP contribution in [-0.2, 0) is 10.0 Å². The van der Waals surface area contributed by atoms with E-state index in [1.54, 1.807) is 26.0 Å². The van der Waals surface area contributed by atoms with Crippen LogP contribution in [0.1, 0.15) is 43.5 Å². The summed E-state index contributed by atoms with van der Waals surface area (Å²) in [6.45, 7) is 4.82. The van der Waals surface area contributed by atoms with Crippen LogP contribution in [0.2, 0.25) is 0 Å². The number of rotatable bonds is 16. The lowest BCUT2D eigenvalue weighted by atomic mass is 10.1. The molecule has 0 aromatic heterocycles. The Morgan fingerprint density at radius 2 is 1.80 bits per heavy atom. The highest BCUT2D eigenvalue weighted by Crippen LogP contribution is 2.25. The van der Waals surface area contributed by atoms with Crippen LogP contribution in [0.25, 0.3) is 0 Å². The van der Waals surface area contributed by atoms with Gasteiger partial charge in [0.15, 0.2) is 0 Å². The second kappa shape index (κ2) is 14.8. The van der Waals surface area contributed by atoms with Gasteiger partial charge in [0.25, 0.3) is 5.91 Å². The molecule has 0 saturated carbocycles. The molecule has 0 radical (unpaired) electrons. The minimum Gasteiger partial charge on any atom is -0.493 e. The molecular weight excluding hydrogens is 472 g/mol. The fourth-order valence-corrected chi connectivity index (χ4v) is 4.39. The summed E-state index contributed by atoms with van der Waals surface area (Å²) < 4.78 is 33.2. The number of carbonyl (C=O) groups is 1. The van der Waals surface area contributed by atoms with E-state index in [1.165, 1.54) is 29.6 Å². The number of allylic oxidation sites excluding steroid dienone is 1. The molecule has 0 bridgehead atoms. The number of ether oxygens (including phenoxy) is 1. The Balaban J connectivity index is 3.47. The van der Waals surface area contributed by atoms with Gasteiger partial charge in [-0.3, -0.25) is 4.79 Å². The van der Waals surface area contributed by atoms with Gasteiger partial charge >= 0.3 is 0 Å². The van der Waals surface area contributed by atoms with Crippen LogP contribution < -0.4 is 15.5 Å². The highest BCUT2D eigenvalue weighted by Gasteiger charge is 2.25. The summed E-state index contributed by atoms with van der Waals surface area (Å²) in [5, 5.41) is 7.50. The zero-order valence-electron chi connectivity index (χ0n) is 21.9. The van der Waals surface area contributed by atoms with Gasteiger partial charge in [-0.25, -0.2) is 13.8 Å². The van der Waals surface area contributed by atoms with E-state index in [4.69, 9.17) is 4.74 Å². The molecule has 0 aliphatic rings. The van der Waals surface area contributed by atoms with Crippen LogP contribution >= 0.6 is 0 Å². The number of hydrogen-bond acceptors (Lipinski definition) is 9. The largest absolute Gasteiger partial charge is 0.493 e. The molecule has 1 amide bonds. The maximum absolute atomic E-state index is 13.4. The first-order valence-electron chi connectivity index (χ1n) is 11.6. The molecule has 0 atom stereocenters. The Labute approximate surface area is 209 Å². The lowest BCUT2D eigenvalue weighted by Crippen LogP contribution is -2.36. The van der Waals surface area contributed by atoms with Crippen molar-refractivity contribution in [2.45, 2.75) is 38.0 Å². The van der Waals surface area contributed by atoms with Crippen LogP contribution in [0.5, 0.6) is 5.75 Å². The van der Waals surface area contributed by atoms with Crippen molar-refractivity contribution < 1.29 is 17.9 Å². The normalized spacial score (nSPS) is 12.5. The number of nitrogens with one attached hydrogen (secondary N) is 2. The molecule has 0 spiro atoms. The Kier molecular flexibility index (Phi) is 12.9. The average Bonchev–Trinajstić information content (AvgIpc) is 2.83. The minimum atomic E-state index is -3.82. The zero-order chi connectivity index (χ0) is 26.6. The van der Waals surface area contributed by atoms with Crippen LogP contribution in [0.15, 0.2) is 39.7 Å². The number of benzene rings is 1. The molecule has 0 aliphatic heterocycles. The van der Waals surface area contributed by atoms with Crippen molar-refractivity contribution >= 4 is 15.9 Å². The predicted molar refractivity (Wildman–Crippen MR) is 137 cm³/mol. The number of nitroso groups, excluding NO2 is 1. The SMILES string of the molecule is CCCC/C(NC(=O)c1cc(S(=O)(=O)N(C)CCN(C)C)ccc1OCC)=C(/CN=O)N(C)NC. The quantitative estimate of drug-likeness (QED) is 0.255. The number of carbonyl (C=O) groups excluding carboxylic acids is 1. The van der Waals surface area contributed by atoms with E-state index in [-0.39, 0.29) is 22.8 Å². The number of hydrogen-bond donors (Lipinski definition) is 2. The molecular formula is C23H40N6O5S. The molecule has 1 rings (SSSR count). The Bertz CT molecular complexity index is 981. The maximum atomic E-state index is 13.4. The van der Waals surface area contributed by atoms with Gasteiger partial charge in [0, 0.05) is 39.9 Å². The molecule has 0 aliphatic carbocycles. The van der Waals surface area contributed by atoms with Gasteiger partial charge < -0.3 is 20.0 Å². The molecule has 11 nitrogen and oxygen atoms in total. The Hall–Kier alpha value is -2.54. The third-order valence-electron chi connectivity index (χ3n) is 5.41. The predicted octanol–water partition coefficient (Wildman–Crippen LogP) is 2.23. The number of unbranched alkanes of at least 4 members (excludes halogenated alkanes) is 1. The van der Waals surface area contributed by atoms with E-state index >= 15 is 0 Å². The second-order valence-corrected chi connectivity index (χ2v) is 10.3. The first-order chi connectivity index (χ1) is 16.5.